The third kappa shape index (κ3) is 5.61. The molecular formula is C19H22N2O4. The molecular weight excluding hydrogens is 320 g/mol. The Balaban J connectivity index is 2.19. The van der Waals surface area contributed by atoms with Gasteiger partial charge in [0.15, 0.2) is 6.04 Å². The molecule has 2 aromatic carbocycles. The maximum Gasteiger partial charge on any atom is 0.335 e. The highest BCUT2D eigenvalue weighted by molar-refractivity contribution is 5.89. The van der Waals surface area contributed by atoms with Crippen molar-refractivity contribution in [2.24, 2.45) is 0 Å². The van der Waals surface area contributed by atoms with Gasteiger partial charge < -0.3 is 20.1 Å². The molecule has 0 heterocycles. The molecule has 2 N–H and O–H groups in total. The highest BCUT2D eigenvalue weighted by Gasteiger charge is 2.22. The molecule has 132 valence electrons. The van der Waals surface area contributed by atoms with Crippen LogP contribution < -0.4 is 5.32 Å². The van der Waals surface area contributed by atoms with Crippen molar-refractivity contribution in [2.45, 2.75) is 6.04 Å². The molecule has 0 aliphatic rings. The number of ether oxygens (including phenoxy) is 1. The summed E-state index contributed by atoms with van der Waals surface area (Å²) in [6.07, 6.45) is 0. The maximum absolute atomic E-state index is 12.5. The Hall–Kier alpha value is -2.86. The summed E-state index contributed by atoms with van der Waals surface area (Å²) in [4.78, 5) is 25.6. The lowest BCUT2D eigenvalue weighted by molar-refractivity contribution is -0.145. The molecule has 0 saturated carbocycles. The Morgan fingerprint density at radius 3 is 2.48 bits per heavy atom. The number of carboxylic acid groups (broad SMARTS) is 1. The van der Waals surface area contributed by atoms with Crippen LogP contribution in [-0.2, 0) is 9.53 Å². The van der Waals surface area contributed by atoms with E-state index in [1.807, 2.05) is 49.3 Å². The molecule has 0 amide bonds. The summed E-state index contributed by atoms with van der Waals surface area (Å²) in [5.41, 5.74) is 1.44. The van der Waals surface area contributed by atoms with Gasteiger partial charge in [0.25, 0.3) is 0 Å². The van der Waals surface area contributed by atoms with Gasteiger partial charge in [-0.05, 0) is 37.9 Å². The lowest BCUT2D eigenvalue weighted by Crippen LogP contribution is -2.27. The molecule has 6 nitrogen and oxygen atoms in total. The molecule has 1 atom stereocenters. The van der Waals surface area contributed by atoms with Crippen molar-refractivity contribution in [1.82, 2.24) is 4.90 Å². The topological polar surface area (TPSA) is 78.9 Å². The van der Waals surface area contributed by atoms with Gasteiger partial charge in [-0.2, -0.15) is 0 Å². The number of carbonyl (C=O) groups excluding carboxylic acids is 1. The van der Waals surface area contributed by atoms with Gasteiger partial charge in [-0.15, -0.1) is 0 Å². The first-order chi connectivity index (χ1) is 12.0. The Kier molecular flexibility index (Phi) is 6.54. The molecule has 0 radical (unpaired) electrons. The van der Waals surface area contributed by atoms with E-state index in [4.69, 9.17) is 9.84 Å². The fourth-order valence-electron chi connectivity index (χ4n) is 2.24. The van der Waals surface area contributed by atoms with Crippen molar-refractivity contribution in [2.75, 3.05) is 32.6 Å². The van der Waals surface area contributed by atoms with Crippen LogP contribution in [0, 0.1) is 0 Å². The van der Waals surface area contributed by atoms with Crippen LogP contribution in [0.15, 0.2) is 54.6 Å². The van der Waals surface area contributed by atoms with Crippen molar-refractivity contribution < 1.29 is 19.4 Å². The molecule has 6 heteroatoms. The fourth-order valence-corrected chi connectivity index (χ4v) is 2.24. The van der Waals surface area contributed by atoms with E-state index in [1.54, 1.807) is 12.1 Å². The average Bonchev–Trinajstić information content (AvgIpc) is 2.60. The molecule has 0 spiro atoms. The minimum Gasteiger partial charge on any atom is -0.478 e. The van der Waals surface area contributed by atoms with Crippen molar-refractivity contribution in [3.05, 3.63) is 65.7 Å². The largest absolute Gasteiger partial charge is 0.478 e. The van der Waals surface area contributed by atoms with Crippen LogP contribution >= 0.6 is 0 Å². The second kappa shape index (κ2) is 8.84. The molecule has 1 unspecified atom stereocenters. The third-order valence-corrected chi connectivity index (χ3v) is 3.57. The predicted octanol–water partition coefficient (Wildman–Crippen LogP) is 2.64. The molecule has 25 heavy (non-hydrogen) atoms. The van der Waals surface area contributed by atoms with E-state index >= 15 is 0 Å². The van der Waals surface area contributed by atoms with E-state index in [0.29, 0.717) is 12.2 Å². The number of nitrogens with zero attached hydrogens (tertiary/aromatic N) is 1. The number of nitrogens with one attached hydrogen (secondary N) is 1. The number of carboxylic acids is 1. The van der Waals surface area contributed by atoms with Crippen LogP contribution in [0.5, 0.6) is 0 Å². The summed E-state index contributed by atoms with van der Waals surface area (Å²) in [6.45, 7) is 0.910. The minimum absolute atomic E-state index is 0.151. The van der Waals surface area contributed by atoms with Gasteiger partial charge in [-0.3, -0.25) is 0 Å². The van der Waals surface area contributed by atoms with Gasteiger partial charge in [0, 0.05) is 12.2 Å². The van der Waals surface area contributed by atoms with Crippen LogP contribution in [0.3, 0.4) is 0 Å². The number of aromatic carboxylic acids is 1. The van der Waals surface area contributed by atoms with Gasteiger partial charge in [0.1, 0.15) is 6.61 Å². The zero-order valence-electron chi connectivity index (χ0n) is 14.3. The molecule has 0 bridgehead atoms. The van der Waals surface area contributed by atoms with Gasteiger partial charge in [-0.25, -0.2) is 9.59 Å². The van der Waals surface area contributed by atoms with E-state index in [2.05, 4.69) is 5.32 Å². The molecule has 2 rings (SSSR count). The van der Waals surface area contributed by atoms with Gasteiger partial charge in [-0.1, -0.05) is 36.4 Å². The quantitative estimate of drug-likeness (QED) is 0.718. The number of rotatable bonds is 8. The lowest BCUT2D eigenvalue weighted by Gasteiger charge is -2.20. The minimum atomic E-state index is -1.02. The van der Waals surface area contributed by atoms with Crippen LogP contribution in [0.2, 0.25) is 0 Å². The first-order valence-electron chi connectivity index (χ1n) is 7.93. The zero-order chi connectivity index (χ0) is 18.2. The Morgan fingerprint density at radius 1 is 1.12 bits per heavy atom. The highest BCUT2D eigenvalue weighted by Crippen LogP contribution is 2.22. The van der Waals surface area contributed by atoms with Crippen molar-refractivity contribution in [1.29, 1.82) is 0 Å². The number of anilines is 1. The van der Waals surface area contributed by atoms with Crippen LogP contribution in [-0.4, -0.2) is 49.2 Å². The van der Waals surface area contributed by atoms with Gasteiger partial charge >= 0.3 is 11.9 Å². The van der Waals surface area contributed by atoms with Gasteiger partial charge in [0.05, 0.1) is 5.56 Å². The van der Waals surface area contributed by atoms with Gasteiger partial charge in [0.2, 0.25) is 0 Å². The summed E-state index contributed by atoms with van der Waals surface area (Å²) in [5.74, 6) is -1.43. The SMILES string of the molecule is CN(C)CCOC(=O)C(Nc1cccc(C(=O)O)c1)c1ccccc1. The first kappa shape index (κ1) is 18.5. The van der Waals surface area contributed by atoms with E-state index < -0.39 is 18.0 Å². The van der Waals surface area contributed by atoms with E-state index in [0.717, 1.165) is 5.56 Å². The number of hydrogen-bond donors (Lipinski definition) is 2. The van der Waals surface area contributed by atoms with E-state index in [-0.39, 0.29) is 12.2 Å². The maximum atomic E-state index is 12.5. The number of esters is 1. The van der Waals surface area contributed by atoms with Crippen molar-refractivity contribution in [3.8, 4) is 0 Å². The van der Waals surface area contributed by atoms with Crippen molar-refractivity contribution in [3.63, 3.8) is 0 Å². The number of likely N-dealkylation sites (N-methyl/N-ethyl adjacent to an activating group) is 1. The number of hydrogen-bond acceptors (Lipinski definition) is 5. The summed E-state index contributed by atoms with van der Waals surface area (Å²) < 4.78 is 5.36. The van der Waals surface area contributed by atoms with Crippen molar-refractivity contribution >= 4 is 17.6 Å². The third-order valence-electron chi connectivity index (χ3n) is 3.57. The van der Waals surface area contributed by atoms with Crippen LogP contribution in [0.25, 0.3) is 0 Å². The monoisotopic (exact) mass is 342 g/mol. The Labute approximate surface area is 147 Å². The number of carbonyl (C=O) groups is 2. The fraction of sp³-hybridized carbons (Fsp3) is 0.263. The Morgan fingerprint density at radius 2 is 1.84 bits per heavy atom. The summed E-state index contributed by atoms with van der Waals surface area (Å²) in [6, 6.07) is 14.8. The first-order valence-corrected chi connectivity index (χ1v) is 7.93. The predicted molar refractivity (Wildman–Crippen MR) is 95.7 cm³/mol. The molecule has 2 aromatic rings. The molecule has 0 aromatic heterocycles. The average molecular weight is 342 g/mol. The Bertz CT molecular complexity index is 716. The smallest absolute Gasteiger partial charge is 0.335 e. The normalized spacial score (nSPS) is 11.8. The summed E-state index contributed by atoms with van der Waals surface area (Å²) >= 11 is 0. The molecule has 0 aliphatic heterocycles. The summed E-state index contributed by atoms with van der Waals surface area (Å²) in [5, 5.41) is 12.2. The molecule has 0 saturated heterocycles. The highest BCUT2D eigenvalue weighted by atomic mass is 16.5. The lowest BCUT2D eigenvalue weighted by atomic mass is 10.1. The zero-order valence-corrected chi connectivity index (χ0v) is 14.3. The second-order valence-electron chi connectivity index (χ2n) is 5.84. The van der Waals surface area contributed by atoms with E-state index in [1.165, 1.54) is 12.1 Å². The van der Waals surface area contributed by atoms with Crippen LogP contribution in [0.4, 0.5) is 5.69 Å². The molecule has 0 fully saturated rings. The number of benzene rings is 2. The van der Waals surface area contributed by atoms with Crippen LogP contribution in [0.1, 0.15) is 22.0 Å². The second-order valence-corrected chi connectivity index (χ2v) is 5.84. The molecule has 0 aliphatic carbocycles. The summed E-state index contributed by atoms with van der Waals surface area (Å²) in [7, 11) is 3.80. The standard InChI is InChI=1S/C19H22N2O4/c1-21(2)11-12-25-19(24)17(14-7-4-3-5-8-14)20-16-10-6-9-15(13-16)18(22)23/h3-10,13,17,20H,11-12H2,1-2H3,(H,22,23). The van der Waals surface area contributed by atoms with E-state index in [9.17, 15) is 9.59 Å².